The topological polar surface area (TPSA) is 93.5 Å². The van der Waals surface area contributed by atoms with Crippen LogP contribution in [0.1, 0.15) is 31.9 Å². The molecular formula is C14H21N3O3. The second kappa shape index (κ2) is 7.49. The first-order valence-corrected chi connectivity index (χ1v) is 6.48. The Labute approximate surface area is 118 Å². The van der Waals surface area contributed by atoms with Crippen LogP contribution < -0.4 is 21.1 Å². The smallest absolute Gasteiger partial charge is 0.318 e. The maximum absolute atomic E-state index is 11.6. The molecule has 0 fully saturated rings. The number of imide groups is 1. The average Bonchev–Trinajstić information content (AvgIpc) is 2.43. The molecule has 0 radical (unpaired) electrons. The maximum Gasteiger partial charge on any atom is 0.318 e. The minimum Gasteiger partial charge on any atom is -0.497 e. The minimum absolute atomic E-state index is 0.00883. The summed E-state index contributed by atoms with van der Waals surface area (Å²) in [6, 6.07) is 6.27. The van der Waals surface area contributed by atoms with Crippen molar-refractivity contribution in [1.29, 1.82) is 0 Å². The van der Waals surface area contributed by atoms with Gasteiger partial charge in [0.1, 0.15) is 5.75 Å². The van der Waals surface area contributed by atoms with Crippen LogP contribution in [0.15, 0.2) is 24.3 Å². The number of urea groups is 1. The first-order valence-electron chi connectivity index (χ1n) is 6.48. The van der Waals surface area contributed by atoms with Gasteiger partial charge in [0.25, 0.3) is 0 Å². The van der Waals surface area contributed by atoms with E-state index in [0.717, 1.165) is 17.7 Å². The number of benzene rings is 1. The van der Waals surface area contributed by atoms with Crippen LogP contribution in [0, 0.1) is 0 Å². The predicted octanol–water partition coefficient (Wildman–Crippen LogP) is 1.32. The summed E-state index contributed by atoms with van der Waals surface area (Å²) in [6.45, 7) is 3.70. The highest BCUT2D eigenvalue weighted by Crippen LogP contribution is 2.20. The molecule has 0 aliphatic rings. The fraction of sp³-hybridized carbons (Fsp3) is 0.429. The van der Waals surface area contributed by atoms with E-state index in [1.165, 1.54) is 0 Å². The zero-order valence-electron chi connectivity index (χ0n) is 12.0. The average molecular weight is 279 g/mol. The zero-order valence-corrected chi connectivity index (χ0v) is 12.0. The molecule has 0 saturated carbocycles. The summed E-state index contributed by atoms with van der Waals surface area (Å²) >= 11 is 0. The van der Waals surface area contributed by atoms with Gasteiger partial charge in [-0.05, 0) is 31.0 Å². The molecular weight excluding hydrogens is 258 g/mol. The van der Waals surface area contributed by atoms with Crippen LogP contribution in [0.3, 0.4) is 0 Å². The molecule has 4 N–H and O–H groups in total. The molecule has 1 aromatic carbocycles. The van der Waals surface area contributed by atoms with Gasteiger partial charge in [0, 0.05) is 6.04 Å². The number of nitrogens with two attached hydrogens (primary N) is 1. The van der Waals surface area contributed by atoms with Gasteiger partial charge in [0.2, 0.25) is 5.91 Å². The Kier molecular flexibility index (Phi) is 5.99. The van der Waals surface area contributed by atoms with E-state index in [1.54, 1.807) is 14.0 Å². The summed E-state index contributed by atoms with van der Waals surface area (Å²) < 4.78 is 5.11. The molecule has 0 bridgehead atoms. The lowest BCUT2D eigenvalue weighted by atomic mass is 10.0. The number of ether oxygens (including phenoxy) is 1. The highest BCUT2D eigenvalue weighted by molar-refractivity contribution is 5.96. The fourth-order valence-corrected chi connectivity index (χ4v) is 1.89. The predicted molar refractivity (Wildman–Crippen MR) is 76.3 cm³/mol. The van der Waals surface area contributed by atoms with Crippen molar-refractivity contribution in [3.8, 4) is 5.75 Å². The standard InChI is InChI=1S/C14H21N3O3/c1-4-12(10-5-7-11(20-3)8-6-10)16-9(2)13(18)17-14(15)19/h5-9,12,16H,4H2,1-3H3,(H3,15,17,18,19)/t9-,12+/m0/s1. The van der Waals surface area contributed by atoms with Crippen molar-refractivity contribution >= 4 is 11.9 Å². The van der Waals surface area contributed by atoms with Gasteiger partial charge in [0.15, 0.2) is 0 Å². The SMILES string of the molecule is CC[C@@H](N[C@@H](C)C(=O)NC(N)=O)c1ccc(OC)cc1. The molecule has 0 saturated heterocycles. The van der Waals surface area contributed by atoms with Crippen LogP contribution in [-0.2, 0) is 4.79 Å². The third kappa shape index (κ3) is 4.55. The van der Waals surface area contributed by atoms with E-state index in [-0.39, 0.29) is 6.04 Å². The third-order valence-electron chi connectivity index (χ3n) is 3.02. The second-order valence-corrected chi connectivity index (χ2v) is 4.48. The Morgan fingerprint density at radius 3 is 2.35 bits per heavy atom. The molecule has 0 unspecified atom stereocenters. The van der Waals surface area contributed by atoms with Gasteiger partial charge in [-0.25, -0.2) is 4.79 Å². The highest BCUT2D eigenvalue weighted by atomic mass is 16.5. The Morgan fingerprint density at radius 2 is 1.90 bits per heavy atom. The van der Waals surface area contributed by atoms with Crippen LogP contribution in [0.5, 0.6) is 5.75 Å². The monoisotopic (exact) mass is 279 g/mol. The van der Waals surface area contributed by atoms with Crippen molar-refractivity contribution in [3.63, 3.8) is 0 Å². The van der Waals surface area contributed by atoms with Crippen LogP contribution in [0.4, 0.5) is 4.79 Å². The lowest BCUT2D eigenvalue weighted by Gasteiger charge is -2.22. The van der Waals surface area contributed by atoms with E-state index in [1.807, 2.05) is 31.2 Å². The normalized spacial score (nSPS) is 13.3. The summed E-state index contributed by atoms with van der Waals surface area (Å²) in [6.07, 6.45) is 0.806. The number of carbonyl (C=O) groups excluding carboxylic acids is 2. The number of nitrogens with one attached hydrogen (secondary N) is 2. The first kappa shape index (κ1) is 16.0. The molecule has 0 aromatic heterocycles. The van der Waals surface area contributed by atoms with Crippen molar-refractivity contribution < 1.29 is 14.3 Å². The third-order valence-corrected chi connectivity index (χ3v) is 3.02. The van der Waals surface area contributed by atoms with E-state index in [9.17, 15) is 9.59 Å². The number of rotatable bonds is 6. The zero-order chi connectivity index (χ0) is 15.1. The van der Waals surface area contributed by atoms with Crippen molar-refractivity contribution in [1.82, 2.24) is 10.6 Å². The van der Waals surface area contributed by atoms with E-state index in [4.69, 9.17) is 10.5 Å². The quantitative estimate of drug-likeness (QED) is 0.732. The van der Waals surface area contributed by atoms with Crippen LogP contribution >= 0.6 is 0 Å². The Morgan fingerprint density at radius 1 is 1.30 bits per heavy atom. The summed E-state index contributed by atoms with van der Waals surface area (Å²) in [5.41, 5.74) is 5.97. The molecule has 2 atom stereocenters. The van der Waals surface area contributed by atoms with Crippen molar-refractivity contribution in [3.05, 3.63) is 29.8 Å². The van der Waals surface area contributed by atoms with Crippen LogP contribution in [0.2, 0.25) is 0 Å². The molecule has 6 heteroatoms. The molecule has 0 heterocycles. The van der Waals surface area contributed by atoms with E-state index in [2.05, 4.69) is 10.6 Å². The largest absolute Gasteiger partial charge is 0.497 e. The number of primary amides is 1. The number of hydrogen-bond donors (Lipinski definition) is 3. The summed E-state index contributed by atoms with van der Waals surface area (Å²) in [4.78, 5) is 22.3. The Bertz CT molecular complexity index is 459. The Balaban J connectivity index is 2.70. The van der Waals surface area contributed by atoms with Gasteiger partial charge in [-0.2, -0.15) is 0 Å². The molecule has 1 rings (SSSR count). The van der Waals surface area contributed by atoms with Crippen molar-refractivity contribution in [2.75, 3.05) is 7.11 Å². The second-order valence-electron chi connectivity index (χ2n) is 4.48. The summed E-state index contributed by atoms with van der Waals surface area (Å²) in [7, 11) is 1.61. The van der Waals surface area contributed by atoms with Gasteiger partial charge in [-0.1, -0.05) is 19.1 Å². The van der Waals surface area contributed by atoms with Gasteiger partial charge in [-0.15, -0.1) is 0 Å². The number of amides is 3. The van der Waals surface area contributed by atoms with Crippen LogP contribution in [0.25, 0.3) is 0 Å². The molecule has 20 heavy (non-hydrogen) atoms. The maximum atomic E-state index is 11.6. The molecule has 0 spiro atoms. The molecule has 0 aliphatic heterocycles. The van der Waals surface area contributed by atoms with Gasteiger partial charge in [0.05, 0.1) is 13.2 Å². The lowest BCUT2D eigenvalue weighted by Crippen LogP contribution is -2.47. The van der Waals surface area contributed by atoms with Gasteiger partial charge < -0.3 is 10.5 Å². The Hall–Kier alpha value is -2.08. The van der Waals surface area contributed by atoms with E-state index in [0.29, 0.717) is 0 Å². The molecule has 6 nitrogen and oxygen atoms in total. The van der Waals surface area contributed by atoms with E-state index >= 15 is 0 Å². The number of carbonyl (C=O) groups is 2. The minimum atomic E-state index is -0.846. The van der Waals surface area contributed by atoms with Crippen molar-refractivity contribution in [2.24, 2.45) is 5.73 Å². The molecule has 110 valence electrons. The number of hydrogen-bond acceptors (Lipinski definition) is 4. The van der Waals surface area contributed by atoms with E-state index < -0.39 is 18.0 Å². The first-order chi connectivity index (χ1) is 9.47. The fourth-order valence-electron chi connectivity index (χ4n) is 1.89. The van der Waals surface area contributed by atoms with Crippen LogP contribution in [-0.4, -0.2) is 25.1 Å². The van der Waals surface area contributed by atoms with Gasteiger partial charge >= 0.3 is 6.03 Å². The van der Waals surface area contributed by atoms with Gasteiger partial charge in [-0.3, -0.25) is 15.4 Å². The number of methoxy groups -OCH3 is 1. The molecule has 1 aromatic rings. The molecule has 3 amide bonds. The highest BCUT2D eigenvalue weighted by Gasteiger charge is 2.18. The summed E-state index contributed by atoms with van der Waals surface area (Å²) in [5, 5.41) is 5.22. The summed E-state index contributed by atoms with van der Waals surface area (Å²) in [5.74, 6) is 0.340. The van der Waals surface area contributed by atoms with Crippen molar-refractivity contribution in [2.45, 2.75) is 32.4 Å². The molecule has 0 aliphatic carbocycles. The lowest BCUT2D eigenvalue weighted by molar-refractivity contribution is -0.121.